The van der Waals surface area contributed by atoms with Gasteiger partial charge in [0, 0.05) is 20.1 Å². The van der Waals surface area contributed by atoms with Crippen LogP contribution >= 0.6 is 38.5 Å². The summed E-state index contributed by atoms with van der Waals surface area (Å²) in [5.74, 6) is 0.0979. The second-order valence-corrected chi connectivity index (χ2v) is 6.60. The van der Waals surface area contributed by atoms with E-state index < -0.39 is 0 Å². The Morgan fingerprint density at radius 1 is 1.24 bits per heavy atom. The second-order valence-electron chi connectivity index (χ2n) is 4.52. The van der Waals surface area contributed by atoms with Crippen molar-refractivity contribution in [3.63, 3.8) is 0 Å². The number of hydrogen-bond acceptors (Lipinski definition) is 1. The average molecular weight is 410 g/mol. The molecule has 0 fully saturated rings. The molecule has 1 aromatic carbocycles. The lowest BCUT2D eigenvalue weighted by Gasteiger charge is -2.31. The van der Waals surface area contributed by atoms with Gasteiger partial charge in [-0.1, -0.05) is 15.9 Å². The molecule has 0 aliphatic carbocycles. The lowest BCUT2D eigenvalue weighted by molar-refractivity contribution is 0.0642. The third-order valence-corrected chi connectivity index (χ3v) is 3.94. The molecular weight excluding hydrogens is 393 g/mol. The standard InChI is InChI=1S/C13H17BrINO/c1-8(2)16(9(3)4)13(17)11-7-10(14)5-6-12(11)15/h5-9H,1-4H3. The number of carbonyl (C=O) groups is 1. The van der Waals surface area contributed by atoms with Gasteiger partial charge in [0.15, 0.2) is 0 Å². The van der Waals surface area contributed by atoms with Crippen LogP contribution in [0, 0.1) is 3.57 Å². The van der Waals surface area contributed by atoms with Gasteiger partial charge in [0.1, 0.15) is 0 Å². The molecule has 0 aromatic heterocycles. The van der Waals surface area contributed by atoms with Gasteiger partial charge in [-0.2, -0.15) is 0 Å². The summed E-state index contributed by atoms with van der Waals surface area (Å²) in [5.41, 5.74) is 0.766. The largest absolute Gasteiger partial charge is 0.334 e. The van der Waals surface area contributed by atoms with E-state index in [-0.39, 0.29) is 18.0 Å². The van der Waals surface area contributed by atoms with Crippen molar-refractivity contribution in [2.45, 2.75) is 39.8 Å². The van der Waals surface area contributed by atoms with E-state index in [1.165, 1.54) is 0 Å². The molecule has 0 saturated carbocycles. The molecule has 0 N–H and O–H groups in total. The van der Waals surface area contributed by atoms with Crippen molar-refractivity contribution in [3.05, 3.63) is 31.8 Å². The Labute approximate surface area is 125 Å². The fourth-order valence-corrected chi connectivity index (χ4v) is 2.79. The van der Waals surface area contributed by atoms with Crippen molar-refractivity contribution < 1.29 is 4.79 Å². The predicted molar refractivity (Wildman–Crippen MR) is 83.3 cm³/mol. The summed E-state index contributed by atoms with van der Waals surface area (Å²) >= 11 is 5.62. The Hall–Kier alpha value is -0.100. The average Bonchev–Trinajstić information content (AvgIpc) is 2.20. The molecule has 1 rings (SSSR count). The van der Waals surface area contributed by atoms with E-state index in [0.29, 0.717) is 0 Å². The van der Waals surface area contributed by atoms with Crippen molar-refractivity contribution >= 4 is 44.4 Å². The van der Waals surface area contributed by atoms with Gasteiger partial charge in [-0.15, -0.1) is 0 Å². The van der Waals surface area contributed by atoms with Crippen molar-refractivity contribution in [3.8, 4) is 0 Å². The zero-order valence-electron chi connectivity index (χ0n) is 10.5. The fraction of sp³-hybridized carbons (Fsp3) is 0.462. The molecule has 0 atom stereocenters. The van der Waals surface area contributed by atoms with E-state index in [1.54, 1.807) is 0 Å². The third kappa shape index (κ3) is 3.68. The Morgan fingerprint density at radius 3 is 2.24 bits per heavy atom. The van der Waals surface area contributed by atoms with Crippen LogP contribution in [0.15, 0.2) is 22.7 Å². The summed E-state index contributed by atoms with van der Waals surface area (Å²) in [4.78, 5) is 14.4. The Kier molecular flexibility index (Phi) is 5.44. The van der Waals surface area contributed by atoms with Crippen molar-refractivity contribution in [2.24, 2.45) is 0 Å². The zero-order chi connectivity index (χ0) is 13.2. The summed E-state index contributed by atoms with van der Waals surface area (Å²) in [6.07, 6.45) is 0. The molecule has 0 radical (unpaired) electrons. The molecule has 0 unspecified atom stereocenters. The highest BCUT2D eigenvalue weighted by Gasteiger charge is 2.23. The lowest BCUT2D eigenvalue weighted by atomic mass is 10.1. The molecule has 17 heavy (non-hydrogen) atoms. The van der Waals surface area contributed by atoms with Gasteiger partial charge in [0.25, 0.3) is 5.91 Å². The van der Waals surface area contributed by atoms with Gasteiger partial charge in [-0.05, 0) is 68.5 Å². The number of amides is 1. The monoisotopic (exact) mass is 409 g/mol. The van der Waals surface area contributed by atoms with Crippen LogP contribution in [0.2, 0.25) is 0 Å². The molecule has 1 aromatic rings. The number of hydrogen-bond donors (Lipinski definition) is 0. The minimum Gasteiger partial charge on any atom is -0.334 e. The number of carbonyl (C=O) groups excluding carboxylic acids is 1. The van der Waals surface area contributed by atoms with Crippen LogP contribution in [0.3, 0.4) is 0 Å². The van der Waals surface area contributed by atoms with Crippen LogP contribution in [-0.4, -0.2) is 22.9 Å². The first-order valence-electron chi connectivity index (χ1n) is 5.62. The fourth-order valence-electron chi connectivity index (χ4n) is 1.87. The van der Waals surface area contributed by atoms with E-state index in [2.05, 4.69) is 38.5 Å². The molecule has 0 aliphatic rings. The first kappa shape index (κ1) is 15.0. The first-order valence-corrected chi connectivity index (χ1v) is 7.49. The summed E-state index contributed by atoms with van der Waals surface area (Å²) in [6, 6.07) is 6.21. The predicted octanol–water partition coefficient (Wildman–Crippen LogP) is 4.31. The topological polar surface area (TPSA) is 20.3 Å². The normalized spacial score (nSPS) is 11.1. The quantitative estimate of drug-likeness (QED) is 0.681. The minimum absolute atomic E-state index is 0.0979. The van der Waals surface area contributed by atoms with Crippen LogP contribution in [0.5, 0.6) is 0 Å². The van der Waals surface area contributed by atoms with E-state index in [0.717, 1.165) is 13.6 Å². The van der Waals surface area contributed by atoms with E-state index >= 15 is 0 Å². The minimum atomic E-state index is 0.0979. The van der Waals surface area contributed by atoms with Gasteiger partial charge >= 0.3 is 0 Å². The highest BCUT2D eigenvalue weighted by Crippen LogP contribution is 2.21. The van der Waals surface area contributed by atoms with Gasteiger partial charge in [0.2, 0.25) is 0 Å². The second kappa shape index (κ2) is 6.18. The van der Waals surface area contributed by atoms with Gasteiger partial charge in [-0.3, -0.25) is 4.79 Å². The molecule has 0 heterocycles. The Bertz CT molecular complexity index is 410. The van der Waals surface area contributed by atoms with Gasteiger partial charge < -0.3 is 4.90 Å². The molecule has 0 spiro atoms. The number of halogens is 2. The molecule has 0 bridgehead atoms. The van der Waals surface area contributed by atoms with Crippen molar-refractivity contribution in [1.29, 1.82) is 0 Å². The maximum absolute atomic E-state index is 12.5. The molecule has 0 saturated heterocycles. The van der Waals surface area contributed by atoms with E-state index in [9.17, 15) is 4.79 Å². The van der Waals surface area contributed by atoms with Crippen LogP contribution < -0.4 is 0 Å². The summed E-state index contributed by atoms with van der Waals surface area (Å²) in [5, 5.41) is 0. The Morgan fingerprint density at radius 2 is 1.76 bits per heavy atom. The number of benzene rings is 1. The van der Waals surface area contributed by atoms with Gasteiger partial charge in [0.05, 0.1) is 5.56 Å². The van der Waals surface area contributed by atoms with Crippen molar-refractivity contribution in [1.82, 2.24) is 4.90 Å². The lowest BCUT2D eigenvalue weighted by Crippen LogP contribution is -2.42. The van der Waals surface area contributed by atoms with Crippen LogP contribution in [0.25, 0.3) is 0 Å². The van der Waals surface area contributed by atoms with Crippen LogP contribution in [0.1, 0.15) is 38.1 Å². The first-order chi connectivity index (χ1) is 7.84. The number of nitrogens with zero attached hydrogens (tertiary/aromatic N) is 1. The van der Waals surface area contributed by atoms with Crippen LogP contribution in [0.4, 0.5) is 0 Å². The zero-order valence-corrected chi connectivity index (χ0v) is 14.2. The van der Waals surface area contributed by atoms with E-state index in [1.807, 2.05) is 50.8 Å². The highest BCUT2D eigenvalue weighted by molar-refractivity contribution is 14.1. The molecule has 94 valence electrons. The summed E-state index contributed by atoms with van der Waals surface area (Å²) < 4.78 is 1.93. The number of rotatable bonds is 3. The Balaban J connectivity index is 3.14. The third-order valence-electron chi connectivity index (χ3n) is 2.51. The SMILES string of the molecule is CC(C)N(C(=O)c1cc(Br)ccc1I)C(C)C. The van der Waals surface area contributed by atoms with Gasteiger partial charge in [-0.25, -0.2) is 0 Å². The van der Waals surface area contributed by atoms with Crippen molar-refractivity contribution in [2.75, 3.05) is 0 Å². The molecule has 1 amide bonds. The highest BCUT2D eigenvalue weighted by atomic mass is 127. The molecule has 2 nitrogen and oxygen atoms in total. The molecule has 0 aliphatic heterocycles. The molecule has 4 heteroatoms. The maximum Gasteiger partial charge on any atom is 0.255 e. The summed E-state index contributed by atoms with van der Waals surface area (Å²) in [6.45, 7) is 8.18. The van der Waals surface area contributed by atoms with Crippen LogP contribution in [-0.2, 0) is 0 Å². The smallest absolute Gasteiger partial charge is 0.255 e. The summed E-state index contributed by atoms with van der Waals surface area (Å²) in [7, 11) is 0. The molecular formula is C13H17BrINO. The van der Waals surface area contributed by atoms with E-state index in [4.69, 9.17) is 0 Å². The maximum atomic E-state index is 12.5.